The number of nitrogens with one attached hydrogen (secondary N) is 2. The molecule has 0 radical (unpaired) electrons. The highest BCUT2D eigenvalue weighted by atomic mass is 32.2. The quantitative estimate of drug-likeness (QED) is 0.450. The first-order valence-corrected chi connectivity index (χ1v) is 12.0. The van der Waals surface area contributed by atoms with Crippen molar-refractivity contribution in [2.75, 3.05) is 40.0 Å². The Balaban J connectivity index is 2.09. The highest BCUT2D eigenvalue weighted by molar-refractivity contribution is 7.90. The van der Waals surface area contributed by atoms with E-state index in [-0.39, 0.29) is 34.6 Å². The van der Waals surface area contributed by atoms with E-state index >= 15 is 4.39 Å². The summed E-state index contributed by atoms with van der Waals surface area (Å²) in [5, 5.41) is 0.602. The summed E-state index contributed by atoms with van der Waals surface area (Å²) in [6, 6.07) is 8.96. The predicted octanol–water partition coefficient (Wildman–Crippen LogP) is 2.52. The number of ether oxygens (including phenoxy) is 1. The van der Waals surface area contributed by atoms with Gasteiger partial charge in [-0.15, -0.1) is 0 Å². The molecule has 12 heteroatoms. The van der Waals surface area contributed by atoms with Crippen LogP contribution in [0.2, 0.25) is 0 Å². The maximum absolute atomic E-state index is 15.2. The van der Waals surface area contributed by atoms with Crippen LogP contribution in [-0.2, 0) is 23.2 Å². The van der Waals surface area contributed by atoms with Crippen molar-refractivity contribution in [3.05, 3.63) is 69.3 Å². The van der Waals surface area contributed by atoms with E-state index < -0.39 is 27.7 Å². The van der Waals surface area contributed by atoms with Gasteiger partial charge in [0.25, 0.3) is 10.2 Å². The molecule has 0 spiro atoms. The normalized spacial score (nSPS) is 11.6. The molecule has 0 unspecified atom stereocenters. The molecule has 1 amide bonds. The van der Waals surface area contributed by atoms with Gasteiger partial charge < -0.3 is 19.0 Å². The van der Waals surface area contributed by atoms with E-state index in [4.69, 9.17) is 9.15 Å². The van der Waals surface area contributed by atoms with E-state index in [1.165, 1.54) is 36.2 Å². The Kier molecular flexibility index (Phi) is 7.78. The van der Waals surface area contributed by atoms with Gasteiger partial charge in [0.2, 0.25) is 0 Å². The molecule has 188 valence electrons. The highest BCUT2D eigenvalue weighted by Gasteiger charge is 2.20. The second kappa shape index (κ2) is 10.4. The Labute approximate surface area is 202 Å². The van der Waals surface area contributed by atoms with E-state index in [1.54, 1.807) is 26.2 Å². The van der Waals surface area contributed by atoms with Crippen molar-refractivity contribution in [1.29, 1.82) is 0 Å². The molecule has 2 N–H and O–H groups in total. The molecule has 0 fully saturated rings. The van der Waals surface area contributed by atoms with Gasteiger partial charge in [0.1, 0.15) is 11.3 Å². The minimum atomic E-state index is -3.93. The maximum Gasteiger partial charge on any atom is 0.414 e. The fourth-order valence-corrected chi connectivity index (χ4v) is 3.95. The number of carbonyl (C=O) groups is 1. The number of amides is 1. The van der Waals surface area contributed by atoms with Crippen LogP contribution in [0, 0.1) is 5.82 Å². The lowest BCUT2D eigenvalue weighted by atomic mass is 9.97. The van der Waals surface area contributed by atoms with Crippen molar-refractivity contribution >= 4 is 33.0 Å². The second-order valence-electron chi connectivity index (χ2n) is 8.27. The minimum Gasteiger partial charge on any atom is -0.422 e. The van der Waals surface area contributed by atoms with E-state index in [0.29, 0.717) is 17.5 Å². The lowest BCUT2D eigenvalue weighted by Crippen LogP contribution is -2.27. The van der Waals surface area contributed by atoms with Gasteiger partial charge in [-0.3, -0.25) is 4.72 Å². The van der Waals surface area contributed by atoms with E-state index in [2.05, 4.69) is 9.44 Å². The van der Waals surface area contributed by atoms with Crippen LogP contribution in [0.25, 0.3) is 11.0 Å². The average Bonchev–Trinajstić information content (AvgIpc) is 2.77. The van der Waals surface area contributed by atoms with Gasteiger partial charge in [0, 0.05) is 51.1 Å². The third kappa shape index (κ3) is 6.15. The first-order valence-electron chi connectivity index (χ1n) is 10.5. The number of nitrogens with zero attached hydrogens (tertiary/aromatic N) is 2. The van der Waals surface area contributed by atoms with Gasteiger partial charge in [-0.1, -0.05) is 12.1 Å². The highest BCUT2D eigenvalue weighted by Crippen LogP contribution is 2.28. The van der Waals surface area contributed by atoms with Gasteiger partial charge in [-0.2, -0.15) is 8.42 Å². The number of carbonyl (C=O) groups excluding carboxylic acids is 1. The Bertz CT molecular complexity index is 1420. The smallest absolute Gasteiger partial charge is 0.414 e. The summed E-state index contributed by atoms with van der Waals surface area (Å²) in [6.45, 7) is 0.349. The molecule has 0 atom stereocenters. The zero-order valence-corrected chi connectivity index (χ0v) is 20.8. The molecule has 0 bridgehead atoms. The van der Waals surface area contributed by atoms with Crippen LogP contribution in [0.3, 0.4) is 0 Å². The Hall–Kier alpha value is -3.48. The molecule has 0 aliphatic rings. The molecule has 0 saturated heterocycles. The summed E-state index contributed by atoms with van der Waals surface area (Å²) < 4.78 is 53.7. The average molecular weight is 507 g/mol. The van der Waals surface area contributed by atoms with Gasteiger partial charge in [0.05, 0.1) is 5.69 Å². The number of hydrogen-bond acceptors (Lipinski definition) is 7. The molecular weight excluding hydrogens is 479 g/mol. The third-order valence-electron chi connectivity index (χ3n) is 5.10. The summed E-state index contributed by atoms with van der Waals surface area (Å²) in [4.78, 5) is 28.0. The summed E-state index contributed by atoms with van der Waals surface area (Å²) in [5.74, 6) is -0.592. The van der Waals surface area contributed by atoms with Gasteiger partial charge in [-0.05, 0) is 43.4 Å². The van der Waals surface area contributed by atoms with Crippen LogP contribution >= 0.6 is 0 Å². The lowest BCUT2D eigenvalue weighted by Gasteiger charge is -2.17. The molecule has 1 aromatic heterocycles. The van der Waals surface area contributed by atoms with E-state index in [0.717, 1.165) is 0 Å². The largest absolute Gasteiger partial charge is 0.422 e. The molecule has 2 aromatic carbocycles. The summed E-state index contributed by atoms with van der Waals surface area (Å²) >= 11 is 0. The van der Waals surface area contributed by atoms with Crippen LogP contribution in [0.4, 0.5) is 14.9 Å². The van der Waals surface area contributed by atoms with Crippen LogP contribution in [-0.4, -0.2) is 59.5 Å². The summed E-state index contributed by atoms with van der Waals surface area (Å²) in [7, 11) is 4.01. The molecule has 3 aromatic rings. The fraction of sp³-hybridized carbons (Fsp3) is 0.304. The predicted molar refractivity (Wildman–Crippen MR) is 130 cm³/mol. The third-order valence-corrected chi connectivity index (χ3v) is 6.12. The molecule has 0 aliphatic heterocycles. The Morgan fingerprint density at radius 2 is 1.83 bits per heavy atom. The fourth-order valence-electron chi connectivity index (χ4n) is 3.40. The zero-order chi connectivity index (χ0) is 25.9. The van der Waals surface area contributed by atoms with Crippen molar-refractivity contribution in [2.24, 2.45) is 0 Å². The molecule has 0 aliphatic carbocycles. The number of halogens is 1. The minimum absolute atomic E-state index is 0.115. The van der Waals surface area contributed by atoms with Crippen molar-refractivity contribution in [2.45, 2.75) is 13.0 Å². The van der Waals surface area contributed by atoms with Crippen molar-refractivity contribution in [3.63, 3.8) is 0 Å². The topological polar surface area (TPSA) is 121 Å². The van der Waals surface area contributed by atoms with Crippen LogP contribution in [0.1, 0.15) is 16.7 Å². The molecule has 3 rings (SSSR count). The van der Waals surface area contributed by atoms with Crippen LogP contribution in [0.15, 0.2) is 45.6 Å². The first kappa shape index (κ1) is 26.1. The van der Waals surface area contributed by atoms with Gasteiger partial charge in [0.15, 0.2) is 5.82 Å². The van der Waals surface area contributed by atoms with Gasteiger partial charge >= 0.3 is 11.7 Å². The molecule has 0 saturated carbocycles. The summed E-state index contributed by atoms with van der Waals surface area (Å²) in [6.07, 6.45) is -0.708. The number of fused-ring (bicyclic) bond motifs is 1. The number of benzene rings is 2. The van der Waals surface area contributed by atoms with E-state index in [1.807, 2.05) is 19.0 Å². The van der Waals surface area contributed by atoms with Crippen molar-refractivity contribution in [1.82, 2.24) is 14.5 Å². The first-order chi connectivity index (χ1) is 16.4. The lowest BCUT2D eigenvalue weighted by molar-refractivity contribution is 0.172. The molecular formula is C23H27FN4O6S. The second-order valence-corrected chi connectivity index (χ2v) is 9.89. The van der Waals surface area contributed by atoms with Crippen molar-refractivity contribution in [3.8, 4) is 5.75 Å². The van der Waals surface area contributed by atoms with Crippen LogP contribution < -0.4 is 19.8 Å². The monoisotopic (exact) mass is 506 g/mol. The molecule has 10 nitrogen and oxygen atoms in total. The Morgan fingerprint density at radius 1 is 1.11 bits per heavy atom. The molecule has 1 heterocycles. The Morgan fingerprint density at radius 3 is 2.46 bits per heavy atom. The van der Waals surface area contributed by atoms with Crippen LogP contribution in [0.5, 0.6) is 5.75 Å². The number of hydrogen-bond donors (Lipinski definition) is 2. The maximum atomic E-state index is 15.2. The number of anilines is 1. The number of rotatable bonds is 8. The van der Waals surface area contributed by atoms with Gasteiger partial charge in [-0.25, -0.2) is 18.7 Å². The van der Waals surface area contributed by atoms with Crippen molar-refractivity contribution < 1.29 is 26.8 Å². The van der Waals surface area contributed by atoms with E-state index in [9.17, 15) is 18.0 Å². The molecule has 35 heavy (non-hydrogen) atoms. The standard InChI is InChI=1S/C23H27FN4O6S/c1-25-35(31,32)26-19-8-6-7-14(21(19)24)11-17-18(13-27(2)3)16-10-9-15(33-23(30)28(4)5)12-20(16)34-22(17)29/h6-10,12,25-26H,11,13H2,1-5H3. The summed E-state index contributed by atoms with van der Waals surface area (Å²) in [5.41, 5.74) is 0.263. The SMILES string of the molecule is CNS(=O)(=O)Nc1cccc(Cc2c(CN(C)C)c3ccc(OC(=O)N(C)C)cc3oc2=O)c1F. The zero-order valence-electron chi connectivity index (χ0n) is 20.0.